The van der Waals surface area contributed by atoms with Gasteiger partial charge in [-0.05, 0) is 36.4 Å². The Morgan fingerprint density at radius 2 is 1.77 bits per heavy atom. The highest BCUT2D eigenvalue weighted by Crippen LogP contribution is 2.21. The average molecular weight is 349 g/mol. The van der Waals surface area contributed by atoms with Crippen molar-refractivity contribution in [3.8, 4) is 6.07 Å². The van der Waals surface area contributed by atoms with Crippen molar-refractivity contribution < 1.29 is 9.53 Å². The number of piperazine rings is 1. The zero-order chi connectivity index (χ0) is 18.4. The van der Waals surface area contributed by atoms with Crippen LogP contribution in [-0.4, -0.2) is 44.3 Å². The molecule has 0 N–H and O–H groups in total. The number of ether oxygens (including phenoxy) is 1. The van der Waals surface area contributed by atoms with E-state index in [0.717, 1.165) is 31.9 Å². The Kier molecular flexibility index (Phi) is 5.44. The summed E-state index contributed by atoms with van der Waals surface area (Å²) in [5.74, 6) is -0.373. The van der Waals surface area contributed by atoms with Crippen molar-refractivity contribution in [3.05, 3.63) is 59.7 Å². The van der Waals surface area contributed by atoms with Crippen LogP contribution in [0.25, 0.3) is 0 Å². The number of carbonyl (C=O) groups is 1. The van der Waals surface area contributed by atoms with Crippen molar-refractivity contribution in [1.82, 2.24) is 5.01 Å². The van der Waals surface area contributed by atoms with Crippen LogP contribution in [-0.2, 0) is 4.74 Å². The molecule has 1 heterocycles. The number of nitrogens with zero attached hydrogens (tertiary/aromatic N) is 5. The number of nitriles is 1. The summed E-state index contributed by atoms with van der Waals surface area (Å²) in [6, 6.07) is 16.6. The number of anilines is 1. The molecule has 0 saturated carbocycles. The largest absolute Gasteiger partial charge is 0.465 e. The van der Waals surface area contributed by atoms with Crippen LogP contribution >= 0.6 is 0 Å². The molecule has 0 spiro atoms. The van der Waals surface area contributed by atoms with Gasteiger partial charge in [0.05, 0.1) is 42.7 Å². The standard InChI is InChI=1S/C19H19N5O2/c1-26-19(25)15-6-8-17(9-7-15)21-22-24-12-10-23(11-13-24)18-5-3-2-4-16(18)14-20/h2-9H,10-13H2,1H3. The second-order valence-electron chi connectivity index (χ2n) is 5.80. The highest BCUT2D eigenvalue weighted by molar-refractivity contribution is 5.89. The molecular weight excluding hydrogens is 330 g/mol. The molecule has 2 aromatic rings. The first-order valence-corrected chi connectivity index (χ1v) is 8.30. The zero-order valence-electron chi connectivity index (χ0n) is 14.5. The quantitative estimate of drug-likeness (QED) is 0.625. The van der Waals surface area contributed by atoms with Crippen molar-refractivity contribution >= 4 is 17.3 Å². The molecule has 7 heteroatoms. The second-order valence-corrected chi connectivity index (χ2v) is 5.80. The Hall–Kier alpha value is -3.40. The normalized spacial score (nSPS) is 14.3. The van der Waals surface area contributed by atoms with E-state index in [1.54, 1.807) is 24.3 Å². The van der Waals surface area contributed by atoms with Crippen LogP contribution in [0.5, 0.6) is 0 Å². The summed E-state index contributed by atoms with van der Waals surface area (Å²) in [4.78, 5) is 13.6. The number of carbonyl (C=O) groups excluding carboxylic acids is 1. The monoisotopic (exact) mass is 349 g/mol. The number of para-hydroxylation sites is 1. The van der Waals surface area contributed by atoms with E-state index in [1.807, 2.05) is 29.3 Å². The molecule has 0 amide bonds. The van der Waals surface area contributed by atoms with Gasteiger partial charge in [0.25, 0.3) is 0 Å². The number of hydrogen-bond acceptors (Lipinski definition) is 6. The Morgan fingerprint density at radius 3 is 2.42 bits per heavy atom. The summed E-state index contributed by atoms with van der Waals surface area (Å²) < 4.78 is 4.67. The molecule has 1 fully saturated rings. The van der Waals surface area contributed by atoms with Gasteiger partial charge in [0.2, 0.25) is 0 Å². The summed E-state index contributed by atoms with van der Waals surface area (Å²) in [5.41, 5.74) is 2.81. The van der Waals surface area contributed by atoms with Gasteiger partial charge in [0, 0.05) is 13.1 Å². The van der Waals surface area contributed by atoms with Gasteiger partial charge >= 0.3 is 5.97 Å². The number of esters is 1. The number of benzene rings is 2. The topological polar surface area (TPSA) is 81.3 Å². The molecule has 2 aromatic carbocycles. The lowest BCUT2D eigenvalue weighted by Gasteiger charge is -2.34. The summed E-state index contributed by atoms with van der Waals surface area (Å²) in [5, 5.41) is 19.6. The first kappa shape index (κ1) is 17.4. The molecule has 0 atom stereocenters. The smallest absolute Gasteiger partial charge is 0.337 e. The minimum atomic E-state index is -0.373. The zero-order valence-corrected chi connectivity index (χ0v) is 14.5. The van der Waals surface area contributed by atoms with E-state index in [2.05, 4.69) is 26.0 Å². The van der Waals surface area contributed by atoms with Gasteiger partial charge in [-0.25, -0.2) is 4.79 Å². The summed E-state index contributed by atoms with van der Waals surface area (Å²) in [7, 11) is 1.35. The van der Waals surface area contributed by atoms with Crippen LogP contribution in [0.2, 0.25) is 0 Å². The predicted octanol–water partition coefficient (Wildman–Crippen LogP) is 3.17. The molecule has 1 aliphatic rings. The van der Waals surface area contributed by atoms with Crippen molar-refractivity contribution in [3.63, 3.8) is 0 Å². The first-order valence-electron chi connectivity index (χ1n) is 8.30. The molecule has 0 aliphatic carbocycles. The van der Waals surface area contributed by atoms with Crippen LogP contribution < -0.4 is 4.90 Å². The van der Waals surface area contributed by atoms with E-state index in [0.29, 0.717) is 16.8 Å². The van der Waals surface area contributed by atoms with Gasteiger partial charge < -0.3 is 9.64 Å². The predicted molar refractivity (Wildman–Crippen MR) is 97.2 cm³/mol. The Bertz CT molecular complexity index is 834. The van der Waals surface area contributed by atoms with Crippen molar-refractivity contribution in [2.75, 3.05) is 38.2 Å². The molecule has 1 aliphatic heterocycles. The molecule has 3 rings (SSSR count). The number of methoxy groups -OCH3 is 1. The Balaban J connectivity index is 1.58. The lowest BCUT2D eigenvalue weighted by atomic mass is 10.1. The average Bonchev–Trinajstić information content (AvgIpc) is 2.72. The van der Waals surface area contributed by atoms with E-state index in [9.17, 15) is 10.1 Å². The van der Waals surface area contributed by atoms with Gasteiger partial charge in [-0.15, -0.1) is 5.11 Å². The highest BCUT2D eigenvalue weighted by atomic mass is 16.5. The van der Waals surface area contributed by atoms with E-state index >= 15 is 0 Å². The fourth-order valence-corrected chi connectivity index (χ4v) is 2.77. The van der Waals surface area contributed by atoms with Gasteiger partial charge in [0.1, 0.15) is 6.07 Å². The summed E-state index contributed by atoms with van der Waals surface area (Å²) >= 11 is 0. The van der Waals surface area contributed by atoms with Crippen LogP contribution in [0, 0.1) is 11.3 Å². The van der Waals surface area contributed by atoms with E-state index < -0.39 is 0 Å². The van der Waals surface area contributed by atoms with E-state index in [1.165, 1.54) is 7.11 Å². The minimum Gasteiger partial charge on any atom is -0.465 e. The molecule has 0 bridgehead atoms. The molecule has 7 nitrogen and oxygen atoms in total. The third-order valence-corrected chi connectivity index (χ3v) is 4.20. The maximum atomic E-state index is 11.4. The summed E-state index contributed by atoms with van der Waals surface area (Å²) in [6.45, 7) is 3.00. The van der Waals surface area contributed by atoms with Crippen LogP contribution in [0.3, 0.4) is 0 Å². The van der Waals surface area contributed by atoms with Crippen LogP contribution in [0.4, 0.5) is 11.4 Å². The van der Waals surface area contributed by atoms with Crippen molar-refractivity contribution in [2.45, 2.75) is 0 Å². The maximum Gasteiger partial charge on any atom is 0.337 e. The fourth-order valence-electron chi connectivity index (χ4n) is 2.77. The lowest BCUT2D eigenvalue weighted by molar-refractivity contribution is 0.0601. The molecule has 0 unspecified atom stereocenters. The molecule has 0 radical (unpaired) electrons. The third kappa shape index (κ3) is 3.98. The lowest BCUT2D eigenvalue weighted by Crippen LogP contribution is -2.44. The minimum absolute atomic E-state index is 0.373. The maximum absolute atomic E-state index is 11.4. The highest BCUT2D eigenvalue weighted by Gasteiger charge is 2.18. The van der Waals surface area contributed by atoms with Gasteiger partial charge in [-0.3, -0.25) is 5.01 Å². The molecule has 132 valence electrons. The van der Waals surface area contributed by atoms with Crippen LogP contribution in [0.15, 0.2) is 58.9 Å². The first-order chi connectivity index (χ1) is 12.7. The molecule has 1 saturated heterocycles. The van der Waals surface area contributed by atoms with E-state index in [4.69, 9.17) is 0 Å². The summed E-state index contributed by atoms with van der Waals surface area (Å²) in [6.07, 6.45) is 0. The van der Waals surface area contributed by atoms with Crippen molar-refractivity contribution in [2.24, 2.45) is 10.3 Å². The number of rotatable bonds is 4. The van der Waals surface area contributed by atoms with E-state index in [-0.39, 0.29) is 5.97 Å². The van der Waals surface area contributed by atoms with Crippen molar-refractivity contribution in [1.29, 1.82) is 5.26 Å². The third-order valence-electron chi connectivity index (χ3n) is 4.20. The number of hydrogen-bond donors (Lipinski definition) is 0. The van der Waals surface area contributed by atoms with Crippen LogP contribution in [0.1, 0.15) is 15.9 Å². The SMILES string of the molecule is COC(=O)c1ccc(N=NN2CCN(c3ccccc3C#N)CC2)cc1. The second kappa shape index (κ2) is 8.12. The fraction of sp³-hybridized carbons (Fsp3) is 0.263. The molecule has 0 aromatic heterocycles. The Morgan fingerprint density at radius 1 is 1.08 bits per heavy atom. The van der Waals surface area contributed by atoms with Gasteiger partial charge in [0.15, 0.2) is 0 Å². The van der Waals surface area contributed by atoms with Gasteiger partial charge in [-0.2, -0.15) is 5.26 Å². The van der Waals surface area contributed by atoms with Gasteiger partial charge in [-0.1, -0.05) is 17.4 Å². The Labute approximate surface area is 152 Å². The molecule has 26 heavy (non-hydrogen) atoms. The molecular formula is C19H19N5O2.